The van der Waals surface area contributed by atoms with E-state index in [-0.39, 0.29) is 0 Å². The SMILES string of the molecule is CCCCCCCCCCCCCCCOc1ccc(S(=O)(=O)N2CCOCC2)cc1. The fraction of sp³-hybridized carbons (Fsp3) is 0.760. The summed E-state index contributed by atoms with van der Waals surface area (Å²) in [4.78, 5) is 0.322. The minimum absolute atomic E-state index is 0.322. The molecule has 1 aromatic rings. The van der Waals surface area contributed by atoms with Gasteiger partial charge in [0.15, 0.2) is 0 Å². The lowest BCUT2D eigenvalue weighted by molar-refractivity contribution is 0.0730. The van der Waals surface area contributed by atoms with E-state index < -0.39 is 10.0 Å². The molecule has 1 fully saturated rings. The highest BCUT2D eigenvalue weighted by atomic mass is 32.2. The van der Waals surface area contributed by atoms with E-state index in [1.807, 2.05) is 0 Å². The molecule has 0 radical (unpaired) electrons. The van der Waals surface area contributed by atoms with E-state index in [0.29, 0.717) is 37.8 Å². The standard InChI is InChI=1S/C25H43NO4S/c1-2-3-4-5-6-7-8-9-10-11-12-13-14-21-30-24-15-17-25(18-16-24)31(27,28)26-19-22-29-23-20-26/h15-18H,2-14,19-23H2,1H3. The van der Waals surface area contributed by atoms with Crippen molar-refractivity contribution >= 4 is 10.0 Å². The molecule has 0 unspecified atom stereocenters. The van der Waals surface area contributed by atoms with Gasteiger partial charge >= 0.3 is 0 Å². The Balaban J connectivity index is 1.49. The quantitative estimate of drug-likeness (QED) is 0.264. The molecule has 0 N–H and O–H groups in total. The smallest absolute Gasteiger partial charge is 0.243 e. The highest BCUT2D eigenvalue weighted by Crippen LogP contribution is 2.21. The molecule has 2 rings (SSSR count). The predicted molar refractivity (Wildman–Crippen MR) is 127 cm³/mol. The molecule has 5 nitrogen and oxygen atoms in total. The molecule has 6 heteroatoms. The molecule has 0 atom stereocenters. The maximum atomic E-state index is 12.6. The van der Waals surface area contributed by atoms with Gasteiger partial charge < -0.3 is 9.47 Å². The van der Waals surface area contributed by atoms with Gasteiger partial charge in [0, 0.05) is 13.1 Å². The summed E-state index contributed by atoms with van der Waals surface area (Å²) in [7, 11) is -3.43. The molecule has 1 aromatic carbocycles. The van der Waals surface area contributed by atoms with Gasteiger partial charge in [-0.25, -0.2) is 8.42 Å². The molecule has 31 heavy (non-hydrogen) atoms. The van der Waals surface area contributed by atoms with Crippen LogP contribution in [0.4, 0.5) is 0 Å². The Morgan fingerprint density at radius 1 is 0.774 bits per heavy atom. The third kappa shape index (κ3) is 10.4. The number of unbranched alkanes of at least 4 members (excludes halogenated alkanes) is 12. The topological polar surface area (TPSA) is 55.8 Å². The summed E-state index contributed by atoms with van der Waals surface area (Å²) < 4.78 is 37.8. The van der Waals surface area contributed by atoms with Gasteiger partial charge in [0.1, 0.15) is 5.75 Å². The lowest BCUT2D eigenvalue weighted by atomic mass is 10.0. The maximum absolute atomic E-state index is 12.6. The normalized spacial score (nSPS) is 15.3. The van der Waals surface area contributed by atoms with Crippen LogP contribution >= 0.6 is 0 Å². The van der Waals surface area contributed by atoms with Crippen LogP contribution in [0, 0.1) is 0 Å². The minimum atomic E-state index is -3.43. The summed E-state index contributed by atoms with van der Waals surface area (Å²) in [6.07, 6.45) is 17.3. The zero-order chi connectivity index (χ0) is 22.2. The number of hydrogen-bond acceptors (Lipinski definition) is 4. The fourth-order valence-electron chi connectivity index (χ4n) is 3.95. The van der Waals surface area contributed by atoms with Gasteiger partial charge in [-0.2, -0.15) is 4.31 Å². The first-order valence-electron chi connectivity index (χ1n) is 12.5. The summed E-state index contributed by atoms with van der Waals surface area (Å²) in [5.41, 5.74) is 0. The molecule has 0 amide bonds. The Kier molecular flexibility index (Phi) is 13.2. The van der Waals surface area contributed by atoms with Crippen molar-refractivity contribution in [3.05, 3.63) is 24.3 Å². The van der Waals surface area contributed by atoms with Crippen molar-refractivity contribution in [1.82, 2.24) is 4.31 Å². The summed E-state index contributed by atoms with van der Waals surface area (Å²) in [6, 6.07) is 6.80. The van der Waals surface area contributed by atoms with Crippen LogP contribution in [0.15, 0.2) is 29.2 Å². The number of benzene rings is 1. The Labute approximate surface area is 190 Å². The Morgan fingerprint density at radius 3 is 1.77 bits per heavy atom. The molecule has 0 bridgehead atoms. The Bertz CT molecular complexity index is 669. The lowest BCUT2D eigenvalue weighted by Crippen LogP contribution is -2.40. The van der Waals surface area contributed by atoms with Crippen molar-refractivity contribution < 1.29 is 17.9 Å². The molecule has 1 aliphatic rings. The van der Waals surface area contributed by atoms with Gasteiger partial charge in [0.25, 0.3) is 0 Å². The Morgan fingerprint density at radius 2 is 1.26 bits per heavy atom. The van der Waals surface area contributed by atoms with Gasteiger partial charge in [0.05, 0.1) is 24.7 Å². The van der Waals surface area contributed by atoms with Gasteiger partial charge in [0.2, 0.25) is 10.0 Å². The van der Waals surface area contributed by atoms with E-state index in [4.69, 9.17) is 9.47 Å². The van der Waals surface area contributed by atoms with E-state index in [2.05, 4.69) is 6.92 Å². The number of morpholine rings is 1. The summed E-state index contributed by atoms with van der Waals surface area (Å²) in [5, 5.41) is 0. The van der Waals surface area contributed by atoms with Crippen LogP contribution in [0.2, 0.25) is 0 Å². The molecule has 0 aliphatic carbocycles. The molecule has 1 aliphatic heterocycles. The lowest BCUT2D eigenvalue weighted by Gasteiger charge is -2.26. The van der Waals surface area contributed by atoms with E-state index >= 15 is 0 Å². The minimum Gasteiger partial charge on any atom is -0.494 e. The molecule has 178 valence electrons. The second-order valence-electron chi connectivity index (χ2n) is 8.58. The van der Waals surface area contributed by atoms with Crippen molar-refractivity contribution in [2.24, 2.45) is 0 Å². The molecule has 1 heterocycles. The number of nitrogens with zero attached hydrogens (tertiary/aromatic N) is 1. The molecule has 0 aromatic heterocycles. The first-order valence-corrected chi connectivity index (χ1v) is 13.9. The van der Waals surface area contributed by atoms with Crippen molar-refractivity contribution in [1.29, 1.82) is 0 Å². The van der Waals surface area contributed by atoms with E-state index in [1.165, 1.54) is 81.4 Å². The molecule has 1 saturated heterocycles. The van der Waals surface area contributed by atoms with Crippen LogP contribution in [0.3, 0.4) is 0 Å². The highest BCUT2D eigenvalue weighted by Gasteiger charge is 2.26. The highest BCUT2D eigenvalue weighted by molar-refractivity contribution is 7.89. The van der Waals surface area contributed by atoms with Crippen LogP contribution < -0.4 is 4.74 Å². The predicted octanol–water partition coefficient (Wildman–Crippen LogP) is 6.18. The average Bonchev–Trinajstić information content (AvgIpc) is 2.80. The largest absolute Gasteiger partial charge is 0.494 e. The van der Waals surface area contributed by atoms with Crippen molar-refractivity contribution in [3.63, 3.8) is 0 Å². The summed E-state index contributed by atoms with van der Waals surface area (Å²) in [5.74, 6) is 0.736. The monoisotopic (exact) mass is 453 g/mol. The first kappa shape index (κ1) is 26.1. The third-order valence-corrected chi connectivity index (χ3v) is 7.86. The van der Waals surface area contributed by atoms with Crippen LogP contribution in [-0.4, -0.2) is 45.6 Å². The molecule has 0 spiro atoms. The van der Waals surface area contributed by atoms with Crippen molar-refractivity contribution in [2.75, 3.05) is 32.9 Å². The first-order chi connectivity index (χ1) is 15.1. The van der Waals surface area contributed by atoms with Crippen LogP contribution in [0.25, 0.3) is 0 Å². The number of hydrogen-bond donors (Lipinski definition) is 0. The van der Waals surface area contributed by atoms with Crippen LogP contribution in [0.1, 0.15) is 90.4 Å². The average molecular weight is 454 g/mol. The van der Waals surface area contributed by atoms with Crippen LogP contribution in [-0.2, 0) is 14.8 Å². The van der Waals surface area contributed by atoms with Crippen molar-refractivity contribution in [2.45, 2.75) is 95.3 Å². The zero-order valence-electron chi connectivity index (χ0n) is 19.5. The second kappa shape index (κ2) is 15.7. The third-order valence-electron chi connectivity index (χ3n) is 5.95. The van der Waals surface area contributed by atoms with Gasteiger partial charge in [-0.05, 0) is 30.7 Å². The summed E-state index contributed by atoms with van der Waals surface area (Å²) in [6.45, 7) is 4.71. The zero-order valence-corrected chi connectivity index (χ0v) is 20.3. The number of rotatable bonds is 17. The second-order valence-corrected chi connectivity index (χ2v) is 10.5. The molecular weight excluding hydrogens is 410 g/mol. The fourth-order valence-corrected chi connectivity index (χ4v) is 5.36. The van der Waals surface area contributed by atoms with Gasteiger partial charge in [-0.15, -0.1) is 0 Å². The van der Waals surface area contributed by atoms with Crippen LogP contribution in [0.5, 0.6) is 5.75 Å². The molecular formula is C25H43NO4S. The van der Waals surface area contributed by atoms with E-state index in [9.17, 15) is 8.42 Å². The summed E-state index contributed by atoms with van der Waals surface area (Å²) >= 11 is 0. The van der Waals surface area contributed by atoms with Gasteiger partial charge in [-0.3, -0.25) is 0 Å². The van der Waals surface area contributed by atoms with Crippen molar-refractivity contribution in [3.8, 4) is 5.75 Å². The van der Waals surface area contributed by atoms with Gasteiger partial charge in [-0.1, -0.05) is 84.0 Å². The number of sulfonamides is 1. The molecule has 0 saturated carbocycles. The number of ether oxygens (including phenoxy) is 2. The van der Waals surface area contributed by atoms with E-state index in [0.717, 1.165) is 12.2 Å². The van der Waals surface area contributed by atoms with E-state index in [1.54, 1.807) is 24.3 Å². The maximum Gasteiger partial charge on any atom is 0.243 e. The Hall–Kier alpha value is -1.11.